The standard InChI is InChI=1S/C13H9ClO2/c14-9-6-11(15)10-5-8-3-1-2-4-12(8)16-13(10)7-9/h1-4,6-7,15H,5H2. The van der Waals surface area contributed by atoms with Crippen molar-refractivity contribution in [1.29, 1.82) is 0 Å². The summed E-state index contributed by atoms with van der Waals surface area (Å²) >= 11 is 5.87. The number of phenolic OH excluding ortho intramolecular Hbond substituents is 1. The number of phenols is 1. The van der Waals surface area contributed by atoms with E-state index in [1.807, 2.05) is 24.3 Å². The van der Waals surface area contributed by atoms with Gasteiger partial charge in [-0.05, 0) is 23.8 Å². The summed E-state index contributed by atoms with van der Waals surface area (Å²) in [6, 6.07) is 11.1. The molecular formula is C13H9ClO2. The van der Waals surface area contributed by atoms with Gasteiger partial charge in [0.15, 0.2) is 0 Å². The van der Waals surface area contributed by atoms with Crippen LogP contribution in [0.5, 0.6) is 17.2 Å². The van der Waals surface area contributed by atoms with Crippen LogP contribution in [0, 0.1) is 0 Å². The zero-order valence-corrected chi connectivity index (χ0v) is 9.16. The molecule has 0 spiro atoms. The molecule has 2 aromatic carbocycles. The molecule has 1 N–H and O–H groups in total. The first-order valence-corrected chi connectivity index (χ1v) is 5.39. The lowest BCUT2D eigenvalue weighted by Gasteiger charge is -2.20. The van der Waals surface area contributed by atoms with Crippen molar-refractivity contribution in [3.8, 4) is 17.2 Å². The molecule has 0 atom stereocenters. The Hall–Kier alpha value is -1.67. The van der Waals surface area contributed by atoms with Crippen molar-refractivity contribution in [3.63, 3.8) is 0 Å². The maximum atomic E-state index is 9.80. The summed E-state index contributed by atoms with van der Waals surface area (Å²) in [5, 5.41) is 10.3. The van der Waals surface area contributed by atoms with E-state index in [1.165, 1.54) is 6.07 Å². The third kappa shape index (κ3) is 1.42. The van der Waals surface area contributed by atoms with E-state index in [0.29, 0.717) is 17.2 Å². The predicted molar refractivity (Wildman–Crippen MR) is 62.4 cm³/mol. The summed E-state index contributed by atoms with van der Waals surface area (Å²) < 4.78 is 5.69. The Morgan fingerprint density at radius 3 is 2.81 bits per heavy atom. The molecule has 0 radical (unpaired) electrons. The first kappa shape index (κ1) is 9.55. The number of hydrogen-bond donors (Lipinski definition) is 1. The van der Waals surface area contributed by atoms with Gasteiger partial charge < -0.3 is 9.84 Å². The minimum absolute atomic E-state index is 0.192. The molecule has 0 unspecified atom stereocenters. The lowest BCUT2D eigenvalue weighted by atomic mass is 10.00. The van der Waals surface area contributed by atoms with Crippen molar-refractivity contribution in [3.05, 3.63) is 52.5 Å². The van der Waals surface area contributed by atoms with E-state index in [-0.39, 0.29) is 5.75 Å². The Morgan fingerprint density at radius 2 is 1.94 bits per heavy atom. The van der Waals surface area contributed by atoms with Crippen LogP contribution in [0.1, 0.15) is 11.1 Å². The summed E-state index contributed by atoms with van der Waals surface area (Å²) in [6.07, 6.45) is 0.675. The van der Waals surface area contributed by atoms with Gasteiger partial charge in [0.25, 0.3) is 0 Å². The number of halogens is 1. The average molecular weight is 233 g/mol. The number of aromatic hydroxyl groups is 1. The number of rotatable bonds is 0. The topological polar surface area (TPSA) is 29.5 Å². The second kappa shape index (κ2) is 3.42. The first-order valence-electron chi connectivity index (χ1n) is 5.01. The highest BCUT2D eigenvalue weighted by molar-refractivity contribution is 6.30. The summed E-state index contributed by atoms with van der Waals surface area (Å²) in [6.45, 7) is 0. The zero-order chi connectivity index (χ0) is 11.1. The van der Waals surface area contributed by atoms with Gasteiger partial charge in [-0.25, -0.2) is 0 Å². The van der Waals surface area contributed by atoms with E-state index in [4.69, 9.17) is 16.3 Å². The Bertz CT molecular complexity index is 564. The van der Waals surface area contributed by atoms with Crippen molar-refractivity contribution >= 4 is 11.6 Å². The zero-order valence-electron chi connectivity index (χ0n) is 8.40. The van der Waals surface area contributed by atoms with Gasteiger partial charge >= 0.3 is 0 Å². The molecule has 0 bridgehead atoms. The molecular weight excluding hydrogens is 224 g/mol. The van der Waals surface area contributed by atoms with Crippen LogP contribution in [0.3, 0.4) is 0 Å². The highest BCUT2D eigenvalue weighted by Crippen LogP contribution is 2.41. The number of ether oxygens (including phenoxy) is 1. The van der Waals surface area contributed by atoms with Crippen molar-refractivity contribution in [2.45, 2.75) is 6.42 Å². The van der Waals surface area contributed by atoms with Crippen molar-refractivity contribution in [2.75, 3.05) is 0 Å². The number of para-hydroxylation sites is 1. The van der Waals surface area contributed by atoms with Crippen LogP contribution in [-0.4, -0.2) is 5.11 Å². The van der Waals surface area contributed by atoms with Crippen LogP contribution >= 0.6 is 11.6 Å². The lowest BCUT2D eigenvalue weighted by Crippen LogP contribution is -2.02. The van der Waals surface area contributed by atoms with Gasteiger partial charge in [0, 0.05) is 17.0 Å². The second-order valence-corrected chi connectivity index (χ2v) is 4.22. The Labute approximate surface area is 98.1 Å². The maximum absolute atomic E-state index is 9.80. The molecule has 1 heterocycles. The molecule has 0 aromatic heterocycles. The molecule has 3 rings (SSSR count). The van der Waals surface area contributed by atoms with Crippen LogP contribution in [0.25, 0.3) is 0 Å². The van der Waals surface area contributed by atoms with Gasteiger partial charge in [0.05, 0.1) is 0 Å². The fourth-order valence-electron chi connectivity index (χ4n) is 1.93. The fourth-order valence-corrected chi connectivity index (χ4v) is 2.13. The van der Waals surface area contributed by atoms with Crippen LogP contribution < -0.4 is 4.74 Å². The van der Waals surface area contributed by atoms with Crippen LogP contribution in [0.4, 0.5) is 0 Å². The van der Waals surface area contributed by atoms with E-state index in [1.54, 1.807) is 6.07 Å². The number of fused-ring (bicyclic) bond motifs is 2. The molecule has 0 saturated heterocycles. The molecule has 0 saturated carbocycles. The normalized spacial score (nSPS) is 12.6. The van der Waals surface area contributed by atoms with Gasteiger partial charge in [-0.15, -0.1) is 0 Å². The summed E-state index contributed by atoms with van der Waals surface area (Å²) in [7, 11) is 0. The smallest absolute Gasteiger partial charge is 0.136 e. The summed E-state index contributed by atoms with van der Waals surface area (Å²) in [5.41, 5.74) is 1.87. The summed E-state index contributed by atoms with van der Waals surface area (Å²) in [4.78, 5) is 0. The van der Waals surface area contributed by atoms with Crippen LogP contribution in [0.2, 0.25) is 5.02 Å². The minimum atomic E-state index is 0.192. The first-order chi connectivity index (χ1) is 7.74. The van der Waals surface area contributed by atoms with E-state index < -0.39 is 0 Å². The second-order valence-electron chi connectivity index (χ2n) is 3.79. The highest BCUT2D eigenvalue weighted by Gasteiger charge is 2.19. The van der Waals surface area contributed by atoms with Gasteiger partial charge in [0.2, 0.25) is 0 Å². The Morgan fingerprint density at radius 1 is 1.12 bits per heavy atom. The molecule has 80 valence electrons. The third-order valence-corrected chi connectivity index (χ3v) is 2.93. The van der Waals surface area contributed by atoms with E-state index >= 15 is 0 Å². The maximum Gasteiger partial charge on any atom is 0.136 e. The van der Waals surface area contributed by atoms with E-state index in [2.05, 4.69) is 0 Å². The third-order valence-electron chi connectivity index (χ3n) is 2.71. The van der Waals surface area contributed by atoms with Gasteiger partial charge in [0.1, 0.15) is 17.2 Å². The molecule has 0 fully saturated rings. The average Bonchev–Trinajstić information content (AvgIpc) is 2.27. The number of benzene rings is 2. The molecule has 0 aliphatic carbocycles. The molecule has 0 amide bonds. The van der Waals surface area contributed by atoms with Crippen LogP contribution in [-0.2, 0) is 6.42 Å². The van der Waals surface area contributed by atoms with Crippen molar-refractivity contribution in [1.82, 2.24) is 0 Å². The predicted octanol–water partition coefficient (Wildman–Crippen LogP) is 3.74. The molecule has 2 aromatic rings. The minimum Gasteiger partial charge on any atom is -0.507 e. The molecule has 16 heavy (non-hydrogen) atoms. The summed E-state index contributed by atoms with van der Waals surface area (Å²) in [5.74, 6) is 1.66. The van der Waals surface area contributed by atoms with E-state index in [0.717, 1.165) is 16.9 Å². The van der Waals surface area contributed by atoms with Crippen LogP contribution in [0.15, 0.2) is 36.4 Å². The fraction of sp³-hybridized carbons (Fsp3) is 0.0769. The molecule has 2 nitrogen and oxygen atoms in total. The highest BCUT2D eigenvalue weighted by atomic mass is 35.5. The largest absolute Gasteiger partial charge is 0.507 e. The van der Waals surface area contributed by atoms with Gasteiger partial charge in [-0.1, -0.05) is 29.8 Å². The molecule has 1 aliphatic rings. The van der Waals surface area contributed by atoms with Crippen molar-refractivity contribution in [2.24, 2.45) is 0 Å². The number of hydrogen-bond acceptors (Lipinski definition) is 2. The quantitative estimate of drug-likeness (QED) is 0.640. The van der Waals surface area contributed by atoms with Gasteiger partial charge in [-0.2, -0.15) is 0 Å². The van der Waals surface area contributed by atoms with E-state index in [9.17, 15) is 5.11 Å². The Kier molecular flexibility index (Phi) is 2.04. The van der Waals surface area contributed by atoms with Gasteiger partial charge in [-0.3, -0.25) is 0 Å². The SMILES string of the molecule is Oc1cc(Cl)cc2c1Cc1ccccc1O2. The molecule has 1 aliphatic heterocycles. The Balaban J connectivity index is 2.15. The monoisotopic (exact) mass is 232 g/mol. The lowest BCUT2D eigenvalue weighted by molar-refractivity contribution is 0.432. The molecule has 3 heteroatoms. The van der Waals surface area contributed by atoms with Crippen molar-refractivity contribution < 1.29 is 9.84 Å².